The Labute approximate surface area is 152 Å². The lowest BCUT2D eigenvalue weighted by atomic mass is 9.99. The minimum atomic E-state index is -0.0885. The van der Waals surface area contributed by atoms with Crippen LogP contribution in [0.2, 0.25) is 0 Å². The fraction of sp³-hybridized carbons (Fsp3) is 0.895. The van der Waals surface area contributed by atoms with E-state index in [1.54, 1.807) is 0 Å². The van der Waals surface area contributed by atoms with Gasteiger partial charge < -0.3 is 20.4 Å². The van der Waals surface area contributed by atoms with Crippen molar-refractivity contribution < 1.29 is 9.59 Å². The Kier molecular flexibility index (Phi) is 9.08. The second kappa shape index (κ2) is 11.3. The summed E-state index contributed by atoms with van der Waals surface area (Å²) >= 11 is 0. The third kappa shape index (κ3) is 8.08. The molecule has 3 amide bonds. The number of carbonyl (C=O) groups is 2. The van der Waals surface area contributed by atoms with Gasteiger partial charge in [-0.25, -0.2) is 4.79 Å². The first-order valence-corrected chi connectivity index (χ1v) is 10.2. The number of likely N-dealkylation sites (tertiary alicyclic amines) is 2. The highest BCUT2D eigenvalue weighted by atomic mass is 16.2. The van der Waals surface area contributed by atoms with Crippen LogP contribution in [0.1, 0.15) is 58.3 Å². The van der Waals surface area contributed by atoms with Gasteiger partial charge in [-0.05, 0) is 64.1 Å². The number of hydrogen-bond donors (Lipinski definition) is 2. The average molecular weight is 353 g/mol. The van der Waals surface area contributed by atoms with Crippen molar-refractivity contribution >= 4 is 11.9 Å². The molecule has 144 valence electrons. The highest BCUT2D eigenvalue weighted by Crippen LogP contribution is 2.15. The van der Waals surface area contributed by atoms with Crippen LogP contribution < -0.4 is 10.6 Å². The molecule has 2 aliphatic rings. The Morgan fingerprint density at radius 2 is 1.68 bits per heavy atom. The highest BCUT2D eigenvalue weighted by Gasteiger charge is 2.16. The van der Waals surface area contributed by atoms with Crippen molar-refractivity contribution in [1.29, 1.82) is 0 Å². The van der Waals surface area contributed by atoms with E-state index in [1.165, 1.54) is 25.9 Å². The van der Waals surface area contributed by atoms with E-state index >= 15 is 0 Å². The van der Waals surface area contributed by atoms with Crippen LogP contribution in [0, 0.1) is 5.92 Å². The lowest BCUT2D eigenvalue weighted by Crippen LogP contribution is -2.40. The molecule has 25 heavy (non-hydrogen) atoms. The van der Waals surface area contributed by atoms with Crippen molar-refractivity contribution in [1.82, 2.24) is 20.4 Å². The summed E-state index contributed by atoms with van der Waals surface area (Å²) in [5.74, 6) is 1.14. The molecule has 0 bridgehead atoms. The van der Waals surface area contributed by atoms with Crippen molar-refractivity contribution in [3.05, 3.63) is 0 Å². The van der Waals surface area contributed by atoms with Gasteiger partial charge in [-0.2, -0.15) is 0 Å². The van der Waals surface area contributed by atoms with Gasteiger partial charge in [0, 0.05) is 32.6 Å². The van der Waals surface area contributed by atoms with Crippen LogP contribution in [0.5, 0.6) is 0 Å². The van der Waals surface area contributed by atoms with Gasteiger partial charge in [-0.15, -0.1) is 0 Å². The minimum absolute atomic E-state index is 0.0885. The topological polar surface area (TPSA) is 64.7 Å². The van der Waals surface area contributed by atoms with E-state index in [4.69, 9.17) is 0 Å². The van der Waals surface area contributed by atoms with Gasteiger partial charge in [-0.1, -0.05) is 13.3 Å². The molecule has 0 spiro atoms. The van der Waals surface area contributed by atoms with Gasteiger partial charge >= 0.3 is 6.03 Å². The van der Waals surface area contributed by atoms with Crippen molar-refractivity contribution in [2.45, 2.75) is 58.3 Å². The van der Waals surface area contributed by atoms with Crippen LogP contribution in [-0.2, 0) is 4.79 Å². The van der Waals surface area contributed by atoms with Gasteiger partial charge in [0.2, 0.25) is 5.91 Å². The third-order valence-corrected chi connectivity index (χ3v) is 5.37. The lowest BCUT2D eigenvalue weighted by Gasteiger charge is -2.30. The van der Waals surface area contributed by atoms with E-state index in [0.717, 1.165) is 64.2 Å². The van der Waals surface area contributed by atoms with E-state index in [9.17, 15) is 9.59 Å². The number of urea groups is 1. The van der Waals surface area contributed by atoms with E-state index in [1.807, 2.05) is 4.90 Å². The van der Waals surface area contributed by atoms with Crippen molar-refractivity contribution in [3.63, 3.8) is 0 Å². The molecule has 0 atom stereocenters. The Balaban J connectivity index is 1.45. The van der Waals surface area contributed by atoms with Gasteiger partial charge in [0.15, 0.2) is 0 Å². The average Bonchev–Trinajstić information content (AvgIpc) is 2.81. The number of rotatable bonds is 8. The molecule has 2 rings (SSSR count). The summed E-state index contributed by atoms with van der Waals surface area (Å²) < 4.78 is 0. The first-order valence-electron chi connectivity index (χ1n) is 10.2. The molecule has 0 saturated carbocycles. The Hall–Kier alpha value is -1.30. The monoisotopic (exact) mass is 352 g/mol. The van der Waals surface area contributed by atoms with Crippen LogP contribution >= 0.6 is 0 Å². The molecule has 0 aromatic carbocycles. The molecule has 0 aromatic heterocycles. The first kappa shape index (κ1) is 20.0. The van der Waals surface area contributed by atoms with Gasteiger partial charge in [-0.3, -0.25) is 4.79 Å². The Morgan fingerprint density at radius 3 is 2.40 bits per heavy atom. The van der Waals surface area contributed by atoms with Crippen LogP contribution in [0.15, 0.2) is 0 Å². The zero-order chi connectivity index (χ0) is 17.9. The van der Waals surface area contributed by atoms with E-state index < -0.39 is 0 Å². The molecule has 0 radical (unpaired) electrons. The fourth-order valence-corrected chi connectivity index (χ4v) is 3.60. The minimum Gasteiger partial charge on any atom is -0.343 e. The van der Waals surface area contributed by atoms with Crippen LogP contribution in [0.25, 0.3) is 0 Å². The van der Waals surface area contributed by atoms with Crippen molar-refractivity contribution in [3.8, 4) is 0 Å². The van der Waals surface area contributed by atoms with Crippen molar-refractivity contribution in [2.24, 2.45) is 5.92 Å². The zero-order valence-corrected chi connectivity index (χ0v) is 15.9. The first-order chi connectivity index (χ1) is 12.1. The number of carbonyl (C=O) groups excluding carboxylic acids is 2. The molecule has 0 aromatic rings. The lowest BCUT2D eigenvalue weighted by molar-refractivity contribution is -0.130. The summed E-state index contributed by atoms with van der Waals surface area (Å²) in [5, 5.41) is 5.83. The summed E-state index contributed by atoms with van der Waals surface area (Å²) in [4.78, 5) is 28.1. The quantitative estimate of drug-likeness (QED) is 0.658. The van der Waals surface area contributed by atoms with Crippen molar-refractivity contribution in [2.75, 3.05) is 45.8 Å². The number of nitrogens with zero attached hydrogens (tertiary/aromatic N) is 2. The number of piperidine rings is 1. The van der Waals surface area contributed by atoms with Gasteiger partial charge in [0.25, 0.3) is 0 Å². The fourth-order valence-electron chi connectivity index (χ4n) is 3.60. The standard InChI is InChI=1S/C19H36N4O2/c1-17-8-15-22(16-9-17)12-5-10-20-19(25)21-11-6-14-23-13-4-2-3-7-18(23)24/h17H,2-16H2,1H3,(H2,20,21,25). The molecule has 2 saturated heterocycles. The molecule has 6 nitrogen and oxygen atoms in total. The molecule has 0 aliphatic carbocycles. The summed E-state index contributed by atoms with van der Waals surface area (Å²) in [6, 6.07) is -0.0885. The second-order valence-corrected chi connectivity index (χ2v) is 7.61. The summed E-state index contributed by atoms with van der Waals surface area (Å²) in [5.41, 5.74) is 0. The van der Waals surface area contributed by atoms with E-state index in [-0.39, 0.29) is 11.9 Å². The SMILES string of the molecule is CC1CCN(CCCNC(=O)NCCCN2CCCCCC2=O)CC1. The van der Waals surface area contributed by atoms with Crippen LogP contribution in [0.3, 0.4) is 0 Å². The smallest absolute Gasteiger partial charge is 0.314 e. The number of hydrogen-bond acceptors (Lipinski definition) is 3. The molecule has 6 heteroatoms. The maximum Gasteiger partial charge on any atom is 0.314 e. The predicted octanol–water partition coefficient (Wildman–Crippen LogP) is 2.20. The van der Waals surface area contributed by atoms with Gasteiger partial charge in [0.05, 0.1) is 0 Å². The number of nitrogens with one attached hydrogen (secondary N) is 2. The molecule has 2 fully saturated rings. The zero-order valence-electron chi connectivity index (χ0n) is 15.9. The normalized spacial score (nSPS) is 20.4. The van der Waals surface area contributed by atoms with E-state index in [0.29, 0.717) is 13.0 Å². The largest absolute Gasteiger partial charge is 0.343 e. The summed E-state index contributed by atoms with van der Waals surface area (Å²) in [6.45, 7) is 8.77. The molecule has 2 N–H and O–H groups in total. The Bertz CT molecular complexity index is 408. The maximum absolute atomic E-state index is 11.9. The van der Waals surface area contributed by atoms with Gasteiger partial charge in [0.1, 0.15) is 0 Å². The third-order valence-electron chi connectivity index (χ3n) is 5.37. The van der Waals surface area contributed by atoms with Crippen LogP contribution in [0.4, 0.5) is 4.79 Å². The number of amides is 3. The molecular weight excluding hydrogens is 316 g/mol. The molecule has 2 aliphatic heterocycles. The van der Waals surface area contributed by atoms with E-state index in [2.05, 4.69) is 22.5 Å². The Morgan fingerprint density at radius 1 is 1.00 bits per heavy atom. The van der Waals surface area contributed by atoms with Crippen LogP contribution in [-0.4, -0.2) is 67.6 Å². The maximum atomic E-state index is 11.9. The predicted molar refractivity (Wildman–Crippen MR) is 101 cm³/mol. The molecule has 0 unspecified atom stereocenters. The summed E-state index contributed by atoms with van der Waals surface area (Å²) in [7, 11) is 0. The highest BCUT2D eigenvalue weighted by molar-refractivity contribution is 5.76. The molecule has 2 heterocycles. The summed E-state index contributed by atoms with van der Waals surface area (Å²) in [6.07, 6.45) is 8.39. The second-order valence-electron chi connectivity index (χ2n) is 7.61. The molecular formula is C19H36N4O2.